The lowest BCUT2D eigenvalue weighted by Crippen LogP contribution is -2.37. The lowest BCUT2D eigenvalue weighted by Gasteiger charge is -2.22. The molecule has 0 saturated heterocycles. The van der Waals surface area contributed by atoms with Gasteiger partial charge in [-0.05, 0) is 49.2 Å². The predicted octanol–water partition coefficient (Wildman–Crippen LogP) is 4.62. The van der Waals surface area contributed by atoms with Crippen molar-refractivity contribution in [2.24, 2.45) is 0 Å². The minimum absolute atomic E-state index is 0.130. The Morgan fingerprint density at radius 1 is 1.13 bits per heavy atom. The number of hydrogen-bond acceptors (Lipinski definition) is 4. The van der Waals surface area contributed by atoms with Gasteiger partial charge in [-0.2, -0.15) is 0 Å². The quantitative estimate of drug-likeness (QED) is 0.628. The first kappa shape index (κ1) is 20.4. The van der Waals surface area contributed by atoms with E-state index >= 15 is 0 Å². The first-order chi connectivity index (χ1) is 14.6. The van der Waals surface area contributed by atoms with Gasteiger partial charge in [-0.15, -0.1) is 0 Å². The van der Waals surface area contributed by atoms with Crippen LogP contribution in [0.25, 0.3) is 5.69 Å². The fourth-order valence-electron chi connectivity index (χ4n) is 3.89. The summed E-state index contributed by atoms with van der Waals surface area (Å²) >= 11 is 6.06. The maximum atomic E-state index is 13.1. The van der Waals surface area contributed by atoms with E-state index in [2.05, 4.69) is 15.2 Å². The van der Waals surface area contributed by atoms with Crippen LogP contribution in [0.4, 0.5) is 5.69 Å². The molecule has 0 radical (unpaired) electrons. The van der Waals surface area contributed by atoms with Crippen molar-refractivity contribution in [3.8, 4) is 5.69 Å². The average molecular weight is 424 g/mol. The van der Waals surface area contributed by atoms with Crippen molar-refractivity contribution in [2.75, 3.05) is 11.9 Å². The lowest BCUT2D eigenvalue weighted by atomic mass is 9.95. The molecular formula is C23H26ClN5O. The van der Waals surface area contributed by atoms with Gasteiger partial charge in [-0.3, -0.25) is 14.3 Å². The molecule has 1 fully saturated rings. The molecule has 1 saturated carbocycles. The Kier molecular flexibility index (Phi) is 6.33. The topological polar surface area (TPSA) is 63.1 Å². The van der Waals surface area contributed by atoms with Gasteiger partial charge < -0.3 is 10.2 Å². The molecule has 3 aromatic rings. The predicted molar refractivity (Wildman–Crippen MR) is 119 cm³/mol. The van der Waals surface area contributed by atoms with E-state index in [4.69, 9.17) is 16.6 Å². The molecule has 2 aromatic heterocycles. The fraction of sp³-hybridized carbons (Fsp3) is 0.348. The molecule has 0 bridgehead atoms. The van der Waals surface area contributed by atoms with Crippen molar-refractivity contribution in [2.45, 2.75) is 44.7 Å². The highest BCUT2D eigenvalue weighted by atomic mass is 35.5. The highest BCUT2D eigenvalue weighted by Gasteiger charge is 2.22. The summed E-state index contributed by atoms with van der Waals surface area (Å²) in [7, 11) is 2.00. The molecule has 0 aliphatic heterocycles. The molecule has 0 spiro atoms. The van der Waals surface area contributed by atoms with Crippen LogP contribution in [0.1, 0.15) is 48.4 Å². The molecule has 1 aliphatic carbocycles. The molecular weight excluding hydrogens is 398 g/mol. The monoisotopic (exact) mass is 423 g/mol. The minimum Gasteiger partial charge on any atom is -0.369 e. The second-order valence-corrected chi connectivity index (χ2v) is 8.21. The SMILES string of the molecule is CN(Cc1cn(-c2ccc(Cl)cc2)c(C(=O)NC2CCCCC2)n1)c1ccncc1. The number of pyridine rings is 1. The Bertz CT molecular complexity index is 981. The van der Waals surface area contributed by atoms with Gasteiger partial charge in [0.25, 0.3) is 5.91 Å². The number of aromatic nitrogens is 3. The summed E-state index contributed by atoms with van der Waals surface area (Å²) in [6, 6.07) is 11.6. The van der Waals surface area contributed by atoms with Crippen LogP contribution >= 0.6 is 11.6 Å². The van der Waals surface area contributed by atoms with Crippen molar-refractivity contribution in [1.29, 1.82) is 0 Å². The highest BCUT2D eigenvalue weighted by molar-refractivity contribution is 6.30. The standard InChI is InChI=1S/C23H26ClN5O/c1-28(20-11-13-25-14-12-20)15-19-16-29(21-9-7-17(24)8-10-21)22(26-19)23(30)27-18-5-3-2-4-6-18/h7-14,16,18H,2-6,15H2,1H3,(H,27,30). The van der Waals surface area contributed by atoms with E-state index in [1.54, 1.807) is 12.4 Å². The fourth-order valence-corrected chi connectivity index (χ4v) is 4.02. The van der Waals surface area contributed by atoms with Crippen LogP contribution in [0, 0.1) is 0 Å². The number of amides is 1. The number of rotatable bonds is 6. The van der Waals surface area contributed by atoms with Crippen molar-refractivity contribution < 1.29 is 4.79 Å². The van der Waals surface area contributed by atoms with Crippen molar-refractivity contribution in [3.05, 3.63) is 71.5 Å². The van der Waals surface area contributed by atoms with E-state index in [-0.39, 0.29) is 11.9 Å². The number of imidazole rings is 1. The molecule has 6 nitrogen and oxygen atoms in total. The zero-order chi connectivity index (χ0) is 20.9. The van der Waals surface area contributed by atoms with Crippen molar-refractivity contribution in [1.82, 2.24) is 19.9 Å². The number of halogens is 1. The van der Waals surface area contributed by atoms with E-state index in [0.29, 0.717) is 17.4 Å². The second kappa shape index (κ2) is 9.30. The third-order valence-corrected chi connectivity index (χ3v) is 5.76. The molecule has 7 heteroatoms. The Morgan fingerprint density at radius 2 is 1.83 bits per heavy atom. The first-order valence-electron chi connectivity index (χ1n) is 10.4. The van der Waals surface area contributed by atoms with E-state index in [9.17, 15) is 4.79 Å². The van der Waals surface area contributed by atoms with Gasteiger partial charge in [0.15, 0.2) is 0 Å². The Hall–Kier alpha value is -2.86. The number of nitrogens with zero attached hydrogens (tertiary/aromatic N) is 4. The van der Waals surface area contributed by atoms with Crippen LogP contribution < -0.4 is 10.2 Å². The second-order valence-electron chi connectivity index (χ2n) is 7.77. The molecule has 0 unspecified atom stereocenters. The minimum atomic E-state index is -0.130. The Morgan fingerprint density at radius 3 is 2.53 bits per heavy atom. The number of benzene rings is 1. The summed E-state index contributed by atoms with van der Waals surface area (Å²) in [5.41, 5.74) is 2.72. The summed E-state index contributed by atoms with van der Waals surface area (Å²) in [5, 5.41) is 3.84. The summed E-state index contributed by atoms with van der Waals surface area (Å²) < 4.78 is 1.85. The van der Waals surface area contributed by atoms with Crippen LogP contribution in [0.5, 0.6) is 0 Å². The lowest BCUT2D eigenvalue weighted by molar-refractivity contribution is 0.0915. The Labute approximate surface area is 181 Å². The van der Waals surface area contributed by atoms with Gasteiger partial charge in [0.1, 0.15) is 0 Å². The molecule has 1 aliphatic rings. The molecule has 1 aromatic carbocycles. The smallest absolute Gasteiger partial charge is 0.287 e. The summed E-state index contributed by atoms with van der Waals surface area (Å²) in [5.74, 6) is 0.274. The van der Waals surface area contributed by atoms with E-state index < -0.39 is 0 Å². The van der Waals surface area contributed by atoms with Gasteiger partial charge in [0.2, 0.25) is 5.82 Å². The zero-order valence-corrected chi connectivity index (χ0v) is 17.8. The normalized spacial score (nSPS) is 14.5. The molecule has 1 amide bonds. The Balaban J connectivity index is 1.61. The average Bonchev–Trinajstić information content (AvgIpc) is 3.19. The van der Waals surface area contributed by atoms with E-state index in [0.717, 1.165) is 29.9 Å². The van der Waals surface area contributed by atoms with Crippen LogP contribution in [0.3, 0.4) is 0 Å². The number of anilines is 1. The van der Waals surface area contributed by atoms with E-state index in [1.165, 1.54) is 19.3 Å². The number of carbonyl (C=O) groups is 1. The maximum absolute atomic E-state index is 13.1. The maximum Gasteiger partial charge on any atom is 0.287 e. The van der Waals surface area contributed by atoms with Gasteiger partial charge in [-0.1, -0.05) is 30.9 Å². The van der Waals surface area contributed by atoms with Crippen LogP contribution in [-0.4, -0.2) is 33.5 Å². The van der Waals surface area contributed by atoms with Crippen molar-refractivity contribution >= 4 is 23.2 Å². The van der Waals surface area contributed by atoms with E-state index in [1.807, 2.05) is 54.2 Å². The largest absolute Gasteiger partial charge is 0.369 e. The number of nitrogens with one attached hydrogen (secondary N) is 1. The zero-order valence-electron chi connectivity index (χ0n) is 17.1. The molecule has 0 atom stereocenters. The summed E-state index contributed by atoms with van der Waals surface area (Å²) in [6.07, 6.45) is 11.1. The van der Waals surface area contributed by atoms with Crippen LogP contribution in [0.2, 0.25) is 5.02 Å². The first-order valence-corrected chi connectivity index (χ1v) is 10.7. The summed E-state index contributed by atoms with van der Waals surface area (Å²) in [4.78, 5) is 24.0. The van der Waals surface area contributed by atoms with Gasteiger partial charge in [0, 0.05) is 48.1 Å². The molecule has 2 heterocycles. The summed E-state index contributed by atoms with van der Waals surface area (Å²) in [6.45, 7) is 0.578. The van der Waals surface area contributed by atoms with Gasteiger partial charge >= 0.3 is 0 Å². The van der Waals surface area contributed by atoms with Crippen molar-refractivity contribution in [3.63, 3.8) is 0 Å². The molecule has 156 valence electrons. The third-order valence-electron chi connectivity index (χ3n) is 5.51. The van der Waals surface area contributed by atoms with Crippen LogP contribution in [0.15, 0.2) is 55.0 Å². The van der Waals surface area contributed by atoms with Crippen LogP contribution in [-0.2, 0) is 6.54 Å². The number of carbonyl (C=O) groups excluding carboxylic acids is 1. The molecule has 1 N–H and O–H groups in total. The van der Waals surface area contributed by atoms with Gasteiger partial charge in [0.05, 0.1) is 12.2 Å². The van der Waals surface area contributed by atoms with Gasteiger partial charge in [-0.25, -0.2) is 4.98 Å². The number of hydrogen-bond donors (Lipinski definition) is 1. The third kappa shape index (κ3) is 4.82. The highest BCUT2D eigenvalue weighted by Crippen LogP contribution is 2.21. The molecule has 4 rings (SSSR count). The molecule has 30 heavy (non-hydrogen) atoms.